The second-order valence-corrected chi connectivity index (χ2v) is 4.01. The number of nitrogens with one attached hydrogen (secondary N) is 1. The van der Waals surface area contributed by atoms with E-state index < -0.39 is 11.7 Å². The predicted molar refractivity (Wildman–Crippen MR) is 66.1 cm³/mol. The normalized spacial score (nSPS) is 10.2. The molecule has 6 heteroatoms. The lowest BCUT2D eigenvalue weighted by molar-refractivity contribution is 0.102. The van der Waals surface area contributed by atoms with Crippen molar-refractivity contribution in [3.63, 3.8) is 0 Å². The lowest BCUT2D eigenvalue weighted by Gasteiger charge is -2.04. The molecule has 0 radical (unpaired) electrons. The third-order valence-corrected chi connectivity index (χ3v) is 2.33. The number of aryl methyl sites for hydroxylation is 1. The molecule has 0 fully saturated rings. The molecule has 1 aromatic carbocycles. The standard InChI is InChI=1S/C12H9ClFN3O/c1-7-5-10(13)16-12(15-7)17-11(18)8-3-2-4-9(14)6-8/h2-6H,1H3,(H,15,16,17,18). The van der Waals surface area contributed by atoms with E-state index in [9.17, 15) is 9.18 Å². The molecule has 0 atom stereocenters. The van der Waals surface area contributed by atoms with Crippen LogP contribution in [0.3, 0.4) is 0 Å². The Labute approximate surface area is 108 Å². The van der Waals surface area contributed by atoms with Gasteiger partial charge in [0.25, 0.3) is 5.91 Å². The van der Waals surface area contributed by atoms with Gasteiger partial charge in [0.15, 0.2) is 0 Å². The molecule has 0 unspecified atom stereocenters. The van der Waals surface area contributed by atoms with Crippen LogP contribution >= 0.6 is 11.6 Å². The highest BCUT2D eigenvalue weighted by molar-refractivity contribution is 6.29. The van der Waals surface area contributed by atoms with Crippen LogP contribution in [0.2, 0.25) is 5.15 Å². The van der Waals surface area contributed by atoms with Crippen molar-refractivity contribution in [1.29, 1.82) is 0 Å². The first-order valence-electron chi connectivity index (χ1n) is 5.13. The lowest BCUT2D eigenvalue weighted by Crippen LogP contribution is -2.14. The van der Waals surface area contributed by atoms with Crippen molar-refractivity contribution in [2.45, 2.75) is 6.92 Å². The van der Waals surface area contributed by atoms with Gasteiger partial charge in [-0.1, -0.05) is 17.7 Å². The Morgan fingerprint density at radius 3 is 2.78 bits per heavy atom. The van der Waals surface area contributed by atoms with Crippen molar-refractivity contribution < 1.29 is 9.18 Å². The largest absolute Gasteiger partial charge is 0.290 e. The molecule has 0 spiro atoms. The van der Waals surface area contributed by atoms with Crippen LogP contribution in [0.5, 0.6) is 0 Å². The summed E-state index contributed by atoms with van der Waals surface area (Å²) >= 11 is 5.74. The maximum Gasteiger partial charge on any atom is 0.258 e. The fourth-order valence-corrected chi connectivity index (χ4v) is 1.63. The van der Waals surface area contributed by atoms with Gasteiger partial charge in [0.1, 0.15) is 11.0 Å². The minimum absolute atomic E-state index is 0.0919. The SMILES string of the molecule is Cc1cc(Cl)nc(NC(=O)c2cccc(F)c2)n1. The summed E-state index contributed by atoms with van der Waals surface area (Å²) in [7, 11) is 0. The van der Waals surface area contributed by atoms with Gasteiger partial charge in [-0.3, -0.25) is 10.1 Å². The number of amides is 1. The summed E-state index contributed by atoms with van der Waals surface area (Å²) in [5, 5.41) is 2.69. The van der Waals surface area contributed by atoms with Crippen molar-refractivity contribution in [3.05, 3.63) is 52.6 Å². The fourth-order valence-electron chi connectivity index (χ4n) is 1.39. The van der Waals surface area contributed by atoms with E-state index in [0.717, 1.165) is 6.07 Å². The number of anilines is 1. The maximum atomic E-state index is 13.0. The van der Waals surface area contributed by atoms with Crippen LogP contribution < -0.4 is 5.32 Å². The summed E-state index contributed by atoms with van der Waals surface area (Å²) in [4.78, 5) is 19.6. The Hall–Kier alpha value is -2.01. The summed E-state index contributed by atoms with van der Waals surface area (Å²) < 4.78 is 13.0. The number of hydrogen-bond donors (Lipinski definition) is 1. The van der Waals surface area contributed by atoms with Gasteiger partial charge in [-0.05, 0) is 31.2 Å². The smallest absolute Gasteiger partial charge is 0.258 e. The number of aromatic nitrogens is 2. The number of hydrogen-bond acceptors (Lipinski definition) is 3. The molecule has 18 heavy (non-hydrogen) atoms. The van der Waals surface area contributed by atoms with Crippen molar-refractivity contribution in [3.8, 4) is 0 Å². The Balaban J connectivity index is 2.21. The van der Waals surface area contributed by atoms with Crippen LogP contribution in [-0.2, 0) is 0 Å². The predicted octanol–water partition coefficient (Wildman–Crippen LogP) is 2.83. The fraction of sp³-hybridized carbons (Fsp3) is 0.0833. The lowest BCUT2D eigenvalue weighted by atomic mass is 10.2. The van der Waals surface area contributed by atoms with Crippen molar-refractivity contribution >= 4 is 23.5 Å². The molecule has 1 amide bonds. The molecule has 2 aromatic rings. The first-order chi connectivity index (χ1) is 8.54. The van der Waals surface area contributed by atoms with Crippen LogP contribution in [0.15, 0.2) is 30.3 Å². The van der Waals surface area contributed by atoms with E-state index in [1.807, 2.05) is 0 Å². The van der Waals surface area contributed by atoms with Crippen LogP contribution in [0.1, 0.15) is 16.1 Å². The number of benzene rings is 1. The molecule has 0 bridgehead atoms. The van der Waals surface area contributed by atoms with Gasteiger partial charge in [-0.15, -0.1) is 0 Å². The van der Waals surface area contributed by atoms with Crippen molar-refractivity contribution in [2.75, 3.05) is 5.32 Å². The van der Waals surface area contributed by atoms with Crippen LogP contribution in [0.4, 0.5) is 10.3 Å². The van der Waals surface area contributed by atoms with E-state index in [-0.39, 0.29) is 16.7 Å². The average Bonchev–Trinajstić information content (AvgIpc) is 2.27. The molecule has 0 saturated heterocycles. The zero-order valence-electron chi connectivity index (χ0n) is 9.45. The van der Waals surface area contributed by atoms with E-state index in [1.54, 1.807) is 13.0 Å². The van der Waals surface area contributed by atoms with Gasteiger partial charge >= 0.3 is 0 Å². The first kappa shape index (κ1) is 12.4. The molecular formula is C12H9ClFN3O. The van der Waals surface area contributed by atoms with Gasteiger partial charge < -0.3 is 0 Å². The van der Waals surface area contributed by atoms with E-state index in [2.05, 4.69) is 15.3 Å². The van der Waals surface area contributed by atoms with Gasteiger partial charge in [0.2, 0.25) is 5.95 Å². The zero-order chi connectivity index (χ0) is 13.1. The Kier molecular flexibility index (Phi) is 3.53. The molecule has 0 aliphatic carbocycles. The number of carbonyl (C=O) groups excluding carboxylic acids is 1. The molecule has 2 rings (SSSR count). The average molecular weight is 266 g/mol. The molecule has 0 aliphatic heterocycles. The molecular weight excluding hydrogens is 257 g/mol. The monoisotopic (exact) mass is 265 g/mol. The molecule has 4 nitrogen and oxygen atoms in total. The topological polar surface area (TPSA) is 54.9 Å². The van der Waals surface area contributed by atoms with Crippen LogP contribution in [0, 0.1) is 12.7 Å². The molecule has 1 N–H and O–H groups in total. The zero-order valence-corrected chi connectivity index (χ0v) is 10.2. The van der Waals surface area contributed by atoms with Gasteiger partial charge in [-0.25, -0.2) is 14.4 Å². The summed E-state index contributed by atoms with van der Waals surface area (Å²) in [6.45, 7) is 1.73. The van der Waals surface area contributed by atoms with Gasteiger partial charge in [-0.2, -0.15) is 0 Å². The summed E-state index contributed by atoms with van der Waals surface area (Å²) in [5.74, 6) is -0.878. The summed E-state index contributed by atoms with van der Waals surface area (Å²) in [5.41, 5.74) is 0.820. The Morgan fingerprint density at radius 2 is 2.11 bits per heavy atom. The molecule has 0 aliphatic rings. The molecule has 0 saturated carbocycles. The molecule has 1 aromatic heterocycles. The van der Waals surface area contributed by atoms with E-state index in [4.69, 9.17) is 11.6 Å². The highest BCUT2D eigenvalue weighted by atomic mass is 35.5. The Bertz CT molecular complexity index is 583. The van der Waals surface area contributed by atoms with Crippen LogP contribution in [0.25, 0.3) is 0 Å². The van der Waals surface area contributed by atoms with E-state index in [0.29, 0.717) is 5.69 Å². The minimum atomic E-state index is -0.490. The van der Waals surface area contributed by atoms with E-state index in [1.165, 1.54) is 18.2 Å². The third-order valence-electron chi connectivity index (χ3n) is 2.14. The summed E-state index contributed by atoms with van der Waals surface area (Å²) in [6.07, 6.45) is 0. The third kappa shape index (κ3) is 3.01. The minimum Gasteiger partial charge on any atom is -0.290 e. The van der Waals surface area contributed by atoms with Crippen molar-refractivity contribution in [2.24, 2.45) is 0 Å². The number of carbonyl (C=O) groups is 1. The quantitative estimate of drug-likeness (QED) is 0.850. The highest BCUT2D eigenvalue weighted by Crippen LogP contribution is 2.11. The van der Waals surface area contributed by atoms with Gasteiger partial charge in [0.05, 0.1) is 0 Å². The second kappa shape index (κ2) is 5.10. The second-order valence-electron chi connectivity index (χ2n) is 3.62. The Morgan fingerprint density at radius 1 is 1.33 bits per heavy atom. The van der Waals surface area contributed by atoms with Gasteiger partial charge in [0, 0.05) is 11.3 Å². The van der Waals surface area contributed by atoms with Crippen LogP contribution in [-0.4, -0.2) is 15.9 Å². The maximum absolute atomic E-state index is 13.0. The summed E-state index contributed by atoms with van der Waals surface area (Å²) in [6, 6.07) is 6.91. The molecule has 1 heterocycles. The molecule has 92 valence electrons. The number of halogens is 2. The highest BCUT2D eigenvalue weighted by Gasteiger charge is 2.09. The van der Waals surface area contributed by atoms with Crippen molar-refractivity contribution in [1.82, 2.24) is 9.97 Å². The number of nitrogens with zero attached hydrogens (tertiary/aromatic N) is 2. The first-order valence-corrected chi connectivity index (χ1v) is 5.50. The van der Waals surface area contributed by atoms with E-state index >= 15 is 0 Å². The number of rotatable bonds is 2.